The van der Waals surface area contributed by atoms with E-state index in [4.69, 9.17) is 14.2 Å². The first-order chi connectivity index (χ1) is 14.2. The van der Waals surface area contributed by atoms with Gasteiger partial charge in [-0.25, -0.2) is 0 Å². The zero-order valence-electron chi connectivity index (χ0n) is 16.4. The smallest absolute Gasteiger partial charge is 0.135 e. The van der Waals surface area contributed by atoms with Gasteiger partial charge < -0.3 is 14.2 Å². The number of hydrogen-bond donors (Lipinski definition) is 0. The van der Waals surface area contributed by atoms with Gasteiger partial charge in [0.2, 0.25) is 0 Å². The molecule has 0 aromatic heterocycles. The van der Waals surface area contributed by atoms with Crippen LogP contribution in [0.5, 0.6) is 28.7 Å². The summed E-state index contributed by atoms with van der Waals surface area (Å²) in [5, 5.41) is 0. The molecule has 0 N–H and O–H groups in total. The maximum Gasteiger partial charge on any atom is 0.135 e. The van der Waals surface area contributed by atoms with Crippen LogP contribution in [0.4, 0.5) is 0 Å². The molecule has 3 heteroatoms. The first kappa shape index (κ1) is 18.6. The van der Waals surface area contributed by atoms with Gasteiger partial charge in [-0.2, -0.15) is 0 Å². The van der Waals surface area contributed by atoms with Crippen LogP contribution in [0.2, 0.25) is 0 Å². The molecule has 0 saturated heterocycles. The standard InChI is InChI=1S/C26H21O3/c1-19-10-12-23(13-11-19)29-26-9-4-3-8-25(26)20-6-5-7-24(18-20)28-22-16-14-21(27-2)15-17-22/h3,5-18H,1-2H3. The van der Waals surface area contributed by atoms with Crippen molar-refractivity contribution in [2.24, 2.45) is 0 Å². The van der Waals surface area contributed by atoms with Gasteiger partial charge in [-0.15, -0.1) is 0 Å². The second-order valence-corrected chi connectivity index (χ2v) is 6.64. The first-order valence-electron chi connectivity index (χ1n) is 9.38. The molecular weight excluding hydrogens is 360 g/mol. The molecule has 4 aromatic rings. The molecule has 0 heterocycles. The van der Waals surface area contributed by atoms with Crippen LogP contribution < -0.4 is 14.2 Å². The fraction of sp³-hybridized carbons (Fsp3) is 0.0769. The molecule has 4 aromatic carbocycles. The van der Waals surface area contributed by atoms with E-state index in [9.17, 15) is 0 Å². The van der Waals surface area contributed by atoms with E-state index < -0.39 is 0 Å². The van der Waals surface area contributed by atoms with Crippen molar-refractivity contribution in [3.05, 3.63) is 103 Å². The summed E-state index contributed by atoms with van der Waals surface area (Å²) < 4.78 is 17.3. The molecule has 0 unspecified atom stereocenters. The highest BCUT2D eigenvalue weighted by molar-refractivity contribution is 5.72. The van der Waals surface area contributed by atoms with Crippen LogP contribution in [-0.4, -0.2) is 7.11 Å². The van der Waals surface area contributed by atoms with Crippen LogP contribution in [0.1, 0.15) is 5.56 Å². The van der Waals surface area contributed by atoms with Gasteiger partial charge in [0.05, 0.1) is 7.11 Å². The third-order valence-electron chi connectivity index (χ3n) is 4.52. The molecule has 0 fully saturated rings. The van der Waals surface area contributed by atoms with Gasteiger partial charge in [0.15, 0.2) is 0 Å². The molecular formula is C26H21O3. The molecule has 0 spiro atoms. The number of hydrogen-bond acceptors (Lipinski definition) is 3. The van der Waals surface area contributed by atoms with Gasteiger partial charge >= 0.3 is 0 Å². The first-order valence-corrected chi connectivity index (χ1v) is 9.38. The zero-order chi connectivity index (χ0) is 20.1. The summed E-state index contributed by atoms with van der Waals surface area (Å²) in [5.41, 5.74) is 3.18. The molecule has 0 aliphatic heterocycles. The lowest BCUT2D eigenvalue weighted by molar-refractivity contribution is 0.413. The van der Waals surface area contributed by atoms with Crippen LogP contribution in [-0.2, 0) is 0 Å². The summed E-state index contributed by atoms with van der Waals surface area (Å²) in [7, 11) is 1.65. The summed E-state index contributed by atoms with van der Waals surface area (Å²) >= 11 is 0. The van der Waals surface area contributed by atoms with Crippen molar-refractivity contribution in [2.75, 3.05) is 7.11 Å². The number of methoxy groups -OCH3 is 1. The Morgan fingerprint density at radius 2 is 1.38 bits per heavy atom. The van der Waals surface area contributed by atoms with Crippen LogP contribution in [0.3, 0.4) is 0 Å². The van der Waals surface area contributed by atoms with Crippen molar-refractivity contribution in [2.45, 2.75) is 6.92 Å². The minimum Gasteiger partial charge on any atom is -0.497 e. The van der Waals surface area contributed by atoms with E-state index in [1.54, 1.807) is 7.11 Å². The number of aryl methyl sites for hydroxylation is 1. The van der Waals surface area contributed by atoms with Gasteiger partial charge in [0.1, 0.15) is 28.7 Å². The van der Waals surface area contributed by atoms with Gasteiger partial charge in [-0.1, -0.05) is 42.0 Å². The van der Waals surface area contributed by atoms with E-state index >= 15 is 0 Å². The molecule has 0 atom stereocenters. The topological polar surface area (TPSA) is 27.7 Å². The zero-order valence-corrected chi connectivity index (χ0v) is 16.4. The highest BCUT2D eigenvalue weighted by Crippen LogP contribution is 2.35. The predicted molar refractivity (Wildman–Crippen MR) is 115 cm³/mol. The van der Waals surface area contributed by atoms with Crippen molar-refractivity contribution in [3.63, 3.8) is 0 Å². The molecule has 0 bridgehead atoms. The Hall–Kier alpha value is -3.72. The second-order valence-electron chi connectivity index (χ2n) is 6.64. The molecule has 4 rings (SSSR count). The van der Waals surface area contributed by atoms with Crippen LogP contribution in [0.25, 0.3) is 11.1 Å². The Morgan fingerprint density at radius 3 is 2.14 bits per heavy atom. The lowest BCUT2D eigenvalue weighted by Gasteiger charge is -2.13. The van der Waals surface area contributed by atoms with Crippen molar-refractivity contribution in [3.8, 4) is 39.9 Å². The molecule has 1 radical (unpaired) electrons. The van der Waals surface area contributed by atoms with Gasteiger partial charge in [-0.05, 0) is 73.2 Å². The number of benzene rings is 4. The highest BCUT2D eigenvalue weighted by atomic mass is 16.5. The van der Waals surface area contributed by atoms with Crippen molar-refractivity contribution >= 4 is 0 Å². The number of ether oxygens (including phenoxy) is 3. The Labute approximate surface area is 171 Å². The Balaban J connectivity index is 1.60. The second kappa shape index (κ2) is 8.53. The summed E-state index contributed by atoms with van der Waals surface area (Å²) in [5.74, 6) is 3.84. The van der Waals surface area contributed by atoms with E-state index in [1.807, 2.05) is 91.0 Å². The third kappa shape index (κ3) is 4.58. The molecule has 29 heavy (non-hydrogen) atoms. The minimum atomic E-state index is 0.748. The van der Waals surface area contributed by atoms with E-state index in [0.717, 1.165) is 39.9 Å². The fourth-order valence-electron chi connectivity index (χ4n) is 2.98. The summed E-state index contributed by atoms with van der Waals surface area (Å²) in [6.45, 7) is 2.06. The fourth-order valence-corrected chi connectivity index (χ4v) is 2.98. The summed E-state index contributed by atoms with van der Waals surface area (Å²) in [6, 6.07) is 32.3. The van der Waals surface area contributed by atoms with Crippen LogP contribution >= 0.6 is 0 Å². The van der Waals surface area contributed by atoms with Gasteiger partial charge in [-0.3, -0.25) is 0 Å². The average molecular weight is 381 g/mol. The van der Waals surface area contributed by atoms with E-state index in [0.29, 0.717) is 0 Å². The largest absolute Gasteiger partial charge is 0.497 e. The predicted octanol–water partition coefficient (Wildman–Crippen LogP) is 7.06. The molecule has 143 valence electrons. The maximum atomic E-state index is 6.12. The third-order valence-corrected chi connectivity index (χ3v) is 4.52. The summed E-state index contributed by atoms with van der Waals surface area (Å²) in [6.07, 6.45) is 0. The van der Waals surface area contributed by atoms with E-state index in [-0.39, 0.29) is 0 Å². The van der Waals surface area contributed by atoms with E-state index in [1.165, 1.54) is 5.56 Å². The lowest BCUT2D eigenvalue weighted by atomic mass is 10.0. The summed E-state index contributed by atoms with van der Waals surface area (Å²) in [4.78, 5) is 0. The minimum absolute atomic E-state index is 0.748. The highest BCUT2D eigenvalue weighted by Gasteiger charge is 2.09. The quantitative estimate of drug-likeness (QED) is 0.358. The Morgan fingerprint density at radius 1 is 0.690 bits per heavy atom. The molecule has 0 saturated carbocycles. The van der Waals surface area contributed by atoms with Crippen LogP contribution in [0, 0.1) is 13.0 Å². The molecule has 0 aliphatic carbocycles. The molecule has 3 nitrogen and oxygen atoms in total. The normalized spacial score (nSPS) is 10.4. The number of rotatable bonds is 6. The van der Waals surface area contributed by atoms with Crippen molar-refractivity contribution in [1.82, 2.24) is 0 Å². The van der Waals surface area contributed by atoms with Gasteiger partial charge in [0.25, 0.3) is 0 Å². The Bertz CT molecular complexity index is 1080. The maximum absolute atomic E-state index is 6.12. The average Bonchev–Trinajstić information content (AvgIpc) is 2.76. The van der Waals surface area contributed by atoms with Crippen molar-refractivity contribution in [1.29, 1.82) is 0 Å². The Kier molecular flexibility index (Phi) is 5.48. The van der Waals surface area contributed by atoms with Gasteiger partial charge in [0, 0.05) is 5.56 Å². The van der Waals surface area contributed by atoms with Crippen LogP contribution in [0.15, 0.2) is 91.0 Å². The molecule has 0 aliphatic rings. The van der Waals surface area contributed by atoms with E-state index in [2.05, 4.69) is 13.0 Å². The molecule has 0 amide bonds. The monoisotopic (exact) mass is 381 g/mol. The lowest BCUT2D eigenvalue weighted by Crippen LogP contribution is -1.90. The van der Waals surface area contributed by atoms with Crippen molar-refractivity contribution < 1.29 is 14.2 Å². The SMILES string of the molecule is COc1ccc(Oc2cccc(-c3cc[c]cc3Oc3ccc(C)cc3)c2)cc1.